The minimum atomic E-state index is 0. The van der Waals surface area contributed by atoms with E-state index in [1.54, 1.807) is 35.4 Å². The summed E-state index contributed by atoms with van der Waals surface area (Å²) in [5.74, 6) is 2.75. The molecule has 0 atom stereocenters. The molecule has 0 aliphatic rings. The molecule has 0 saturated heterocycles. The number of nitrogens with zero attached hydrogens (tertiary/aromatic N) is 1. The van der Waals surface area contributed by atoms with Crippen LogP contribution in [0.4, 0.5) is 0 Å². The van der Waals surface area contributed by atoms with Gasteiger partial charge < -0.3 is 35.9 Å². The Morgan fingerprint density at radius 2 is 1.43 bits per heavy atom. The first-order valence-electron chi connectivity index (χ1n) is 9.28. The van der Waals surface area contributed by atoms with E-state index in [1.165, 1.54) is 0 Å². The van der Waals surface area contributed by atoms with Crippen LogP contribution in [0.1, 0.15) is 18.2 Å². The maximum Gasteiger partial charge on any atom is 0.206 e. The summed E-state index contributed by atoms with van der Waals surface area (Å²) in [4.78, 5) is 11.9. The van der Waals surface area contributed by atoms with Gasteiger partial charge in [0.15, 0.2) is 40.7 Å². The number of fused-ring (bicyclic) bond motifs is 1. The Kier molecular flexibility index (Phi) is 8.06. The fourth-order valence-corrected chi connectivity index (χ4v) is 3.47. The van der Waals surface area contributed by atoms with Crippen molar-refractivity contribution in [1.82, 2.24) is 0 Å². The highest BCUT2D eigenvalue weighted by atomic mass is 79.9. The smallest absolute Gasteiger partial charge is 0.206 e. The molecule has 2 aromatic carbocycles. The molecule has 0 fully saturated rings. The topological polar surface area (TPSA) is 57.9 Å². The van der Waals surface area contributed by atoms with Gasteiger partial charge in [0.1, 0.15) is 0 Å². The van der Waals surface area contributed by atoms with Crippen LogP contribution in [0.2, 0.25) is 0 Å². The quantitative estimate of drug-likeness (QED) is 0.440. The van der Waals surface area contributed by atoms with E-state index in [2.05, 4.69) is 0 Å². The molecule has 1 heterocycles. The molecule has 1 aromatic heterocycles. The predicted molar refractivity (Wildman–Crippen MR) is 110 cm³/mol. The van der Waals surface area contributed by atoms with Crippen molar-refractivity contribution in [3.05, 3.63) is 53.9 Å². The summed E-state index contributed by atoms with van der Waals surface area (Å²) < 4.78 is 23.7. The monoisotopic (exact) mass is 475 g/mol. The molecule has 6 nitrogen and oxygen atoms in total. The predicted octanol–water partition coefficient (Wildman–Crippen LogP) is 0.346. The summed E-state index contributed by atoms with van der Waals surface area (Å²) in [6.45, 7) is 1.89. The highest BCUT2D eigenvalue weighted by Crippen LogP contribution is 2.34. The van der Waals surface area contributed by atoms with Crippen LogP contribution in [0.15, 0.2) is 42.6 Å². The van der Waals surface area contributed by atoms with E-state index >= 15 is 0 Å². The van der Waals surface area contributed by atoms with E-state index in [1.807, 2.05) is 47.2 Å². The molecule has 160 valence electrons. The number of aromatic nitrogens is 1. The lowest BCUT2D eigenvalue weighted by atomic mass is 10.0. The number of Topliss-reactive ketones (excluding diaryl/α,β-unsaturated/α-hetero) is 1. The Hall–Kier alpha value is -2.80. The van der Waals surface area contributed by atoms with Gasteiger partial charge in [-0.3, -0.25) is 4.79 Å². The third-order valence-electron chi connectivity index (χ3n) is 4.86. The van der Waals surface area contributed by atoms with Crippen molar-refractivity contribution in [3.63, 3.8) is 0 Å². The second kappa shape index (κ2) is 10.3. The summed E-state index contributed by atoms with van der Waals surface area (Å²) in [6.07, 6.45) is 2.55. The van der Waals surface area contributed by atoms with E-state index in [0.717, 1.165) is 22.0 Å². The zero-order valence-electron chi connectivity index (χ0n) is 17.8. The molecule has 7 heteroatoms. The molecule has 0 aliphatic heterocycles. The van der Waals surface area contributed by atoms with Gasteiger partial charge >= 0.3 is 0 Å². The summed E-state index contributed by atoms with van der Waals surface area (Å²) in [7, 11) is 6.46. The van der Waals surface area contributed by atoms with Crippen LogP contribution in [-0.2, 0) is 17.8 Å². The third-order valence-corrected chi connectivity index (χ3v) is 4.86. The van der Waals surface area contributed by atoms with Gasteiger partial charge in [-0.05, 0) is 35.2 Å². The fraction of sp³-hybridized carbons (Fsp3) is 0.304. The lowest BCUT2D eigenvalue weighted by Crippen LogP contribution is -3.00. The number of benzene rings is 2. The number of carbonyl (C=O) groups excluding carboxylic acids is 1. The van der Waals surface area contributed by atoms with Crippen LogP contribution in [0.5, 0.6) is 23.0 Å². The summed E-state index contributed by atoms with van der Waals surface area (Å²) in [6, 6.07) is 11.7. The Morgan fingerprint density at radius 3 is 2.03 bits per heavy atom. The number of rotatable bonds is 8. The molecule has 3 rings (SSSR count). The molecule has 0 spiro atoms. The highest BCUT2D eigenvalue weighted by molar-refractivity contribution is 5.87. The molecule has 0 radical (unpaired) electrons. The number of carbonyl (C=O) groups is 1. The van der Waals surface area contributed by atoms with Gasteiger partial charge in [-0.1, -0.05) is 6.07 Å². The summed E-state index contributed by atoms with van der Waals surface area (Å²) in [5.41, 5.74) is 2.05. The maximum atomic E-state index is 11.9. The van der Waals surface area contributed by atoms with Crippen molar-refractivity contribution in [1.29, 1.82) is 0 Å². The van der Waals surface area contributed by atoms with Crippen molar-refractivity contribution in [2.24, 2.45) is 0 Å². The van der Waals surface area contributed by atoms with Crippen molar-refractivity contribution >= 4 is 16.6 Å². The average Bonchev–Trinajstić information content (AvgIpc) is 2.73. The molecule has 30 heavy (non-hydrogen) atoms. The van der Waals surface area contributed by atoms with Crippen LogP contribution in [0, 0.1) is 0 Å². The Bertz CT molecular complexity index is 1050. The standard InChI is InChI=1S/C23H26NO5.BrH/c1-15(25)14-24-9-8-17-12-22(28-4)23(29-5)13-18(17)19(24)10-16-6-7-20(26-2)21(11-16)27-3;/h6-9,11-13H,10,14H2,1-5H3;1H/q+1;/p-1. The Labute approximate surface area is 187 Å². The van der Waals surface area contributed by atoms with Crippen LogP contribution in [0.25, 0.3) is 10.8 Å². The van der Waals surface area contributed by atoms with E-state index in [-0.39, 0.29) is 22.8 Å². The van der Waals surface area contributed by atoms with Crippen LogP contribution in [-0.4, -0.2) is 34.2 Å². The number of pyridine rings is 1. The van der Waals surface area contributed by atoms with Crippen LogP contribution in [0.3, 0.4) is 0 Å². The highest BCUT2D eigenvalue weighted by Gasteiger charge is 2.20. The SMILES string of the molecule is COc1ccc(Cc2c3cc(OC)c(OC)cc3cc[n+]2CC(C)=O)cc1OC.[Br-]. The number of hydrogen-bond donors (Lipinski definition) is 0. The zero-order valence-corrected chi connectivity index (χ0v) is 19.4. The Balaban J connectivity index is 0.00000320. The molecule has 0 unspecified atom stereocenters. The number of ketones is 1. The van der Waals surface area contributed by atoms with Gasteiger partial charge in [-0.2, -0.15) is 4.57 Å². The number of ether oxygens (including phenoxy) is 4. The lowest BCUT2D eigenvalue weighted by molar-refractivity contribution is -0.689. The maximum absolute atomic E-state index is 11.9. The molecule has 0 bridgehead atoms. The first-order chi connectivity index (χ1) is 14.0. The van der Waals surface area contributed by atoms with Crippen molar-refractivity contribution in [3.8, 4) is 23.0 Å². The lowest BCUT2D eigenvalue weighted by Gasteiger charge is -2.13. The molecule has 0 amide bonds. The minimum absolute atomic E-state index is 0. The van der Waals surface area contributed by atoms with Gasteiger partial charge in [-0.25, -0.2) is 0 Å². The van der Waals surface area contributed by atoms with E-state index in [0.29, 0.717) is 36.0 Å². The molecular weight excluding hydrogens is 450 g/mol. The third kappa shape index (κ3) is 4.84. The number of hydrogen-bond acceptors (Lipinski definition) is 5. The van der Waals surface area contributed by atoms with Crippen molar-refractivity contribution < 1.29 is 45.3 Å². The second-order valence-corrected chi connectivity index (χ2v) is 6.75. The van der Waals surface area contributed by atoms with Crippen molar-refractivity contribution in [2.75, 3.05) is 28.4 Å². The van der Waals surface area contributed by atoms with Crippen LogP contribution < -0.4 is 40.5 Å². The Morgan fingerprint density at radius 1 is 0.833 bits per heavy atom. The zero-order chi connectivity index (χ0) is 21.0. The van der Waals surface area contributed by atoms with Gasteiger partial charge in [0.2, 0.25) is 6.54 Å². The minimum Gasteiger partial charge on any atom is -1.00 e. The largest absolute Gasteiger partial charge is 1.00 e. The molecular formula is C23H26BrNO5. The number of methoxy groups -OCH3 is 4. The first kappa shape index (κ1) is 23.5. The van der Waals surface area contributed by atoms with Crippen molar-refractivity contribution in [2.45, 2.75) is 19.9 Å². The van der Waals surface area contributed by atoms with Crippen LogP contribution >= 0.6 is 0 Å². The van der Waals surface area contributed by atoms with E-state index in [9.17, 15) is 4.79 Å². The summed E-state index contributed by atoms with van der Waals surface area (Å²) >= 11 is 0. The molecule has 3 aromatic rings. The normalized spacial score (nSPS) is 10.3. The van der Waals surface area contributed by atoms with Gasteiger partial charge in [0.25, 0.3) is 0 Å². The molecule has 0 saturated carbocycles. The fourth-order valence-electron chi connectivity index (χ4n) is 3.47. The van der Waals surface area contributed by atoms with Gasteiger partial charge in [-0.15, -0.1) is 0 Å². The van der Waals surface area contributed by atoms with E-state index in [4.69, 9.17) is 18.9 Å². The summed E-state index contributed by atoms with van der Waals surface area (Å²) in [5, 5.41) is 2.01. The molecule has 0 aliphatic carbocycles. The average molecular weight is 476 g/mol. The molecule has 0 N–H and O–H groups in total. The second-order valence-electron chi connectivity index (χ2n) is 6.75. The number of halogens is 1. The van der Waals surface area contributed by atoms with Gasteiger partial charge in [0, 0.05) is 13.0 Å². The van der Waals surface area contributed by atoms with Gasteiger partial charge in [0.05, 0.1) is 40.2 Å². The first-order valence-corrected chi connectivity index (χ1v) is 9.28. The van der Waals surface area contributed by atoms with E-state index < -0.39 is 0 Å².